The molecule has 174 valence electrons. The van der Waals surface area contributed by atoms with Crippen molar-refractivity contribution in [3.8, 4) is 0 Å². The fourth-order valence-corrected chi connectivity index (χ4v) is 4.47. The molecule has 0 bridgehead atoms. The van der Waals surface area contributed by atoms with Gasteiger partial charge < -0.3 is 10.2 Å². The SMILES string of the molecule is CCNC(=O)[C@@H](C)N(Cc1ccccc1Cl)C(=O)CCCN(c1ccccc1)S(C)(=O)=O. The molecular formula is C23H30ClN3O4S. The number of nitrogens with one attached hydrogen (secondary N) is 1. The predicted molar refractivity (Wildman–Crippen MR) is 128 cm³/mol. The quantitative estimate of drug-likeness (QED) is 0.534. The summed E-state index contributed by atoms with van der Waals surface area (Å²) in [6.45, 7) is 4.29. The average molecular weight is 480 g/mol. The number of sulfonamides is 1. The van der Waals surface area contributed by atoms with Crippen molar-refractivity contribution in [2.75, 3.05) is 23.7 Å². The van der Waals surface area contributed by atoms with Gasteiger partial charge in [-0.25, -0.2) is 8.42 Å². The zero-order chi connectivity index (χ0) is 23.7. The van der Waals surface area contributed by atoms with E-state index >= 15 is 0 Å². The molecule has 0 spiro atoms. The first-order chi connectivity index (χ1) is 15.1. The number of para-hydroxylation sites is 1. The fourth-order valence-electron chi connectivity index (χ4n) is 3.31. The van der Waals surface area contributed by atoms with Crippen LogP contribution < -0.4 is 9.62 Å². The molecule has 0 heterocycles. The molecule has 0 aromatic heterocycles. The highest BCUT2D eigenvalue weighted by atomic mass is 35.5. The Morgan fingerprint density at radius 3 is 2.28 bits per heavy atom. The van der Waals surface area contributed by atoms with Gasteiger partial charge in [-0.05, 0) is 44.0 Å². The molecule has 2 aromatic rings. The maximum atomic E-state index is 13.1. The molecule has 2 amide bonds. The Morgan fingerprint density at radius 2 is 1.69 bits per heavy atom. The summed E-state index contributed by atoms with van der Waals surface area (Å²) in [6, 6.07) is 15.2. The number of halogens is 1. The largest absolute Gasteiger partial charge is 0.355 e. The summed E-state index contributed by atoms with van der Waals surface area (Å²) < 4.78 is 25.8. The topological polar surface area (TPSA) is 86.8 Å². The smallest absolute Gasteiger partial charge is 0.242 e. The van der Waals surface area contributed by atoms with Crippen molar-refractivity contribution in [2.24, 2.45) is 0 Å². The number of hydrogen-bond donors (Lipinski definition) is 1. The maximum absolute atomic E-state index is 13.1. The lowest BCUT2D eigenvalue weighted by Crippen LogP contribution is -2.47. The molecule has 7 nitrogen and oxygen atoms in total. The highest BCUT2D eigenvalue weighted by Crippen LogP contribution is 2.21. The number of hydrogen-bond acceptors (Lipinski definition) is 4. The zero-order valence-electron chi connectivity index (χ0n) is 18.6. The predicted octanol–water partition coefficient (Wildman–Crippen LogP) is 3.44. The molecule has 1 N–H and O–H groups in total. The maximum Gasteiger partial charge on any atom is 0.242 e. The first-order valence-electron chi connectivity index (χ1n) is 10.5. The first-order valence-corrected chi connectivity index (χ1v) is 12.7. The minimum absolute atomic E-state index is 0.0903. The van der Waals surface area contributed by atoms with Gasteiger partial charge in [-0.15, -0.1) is 0 Å². The van der Waals surface area contributed by atoms with Gasteiger partial charge in [-0.3, -0.25) is 13.9 Å². The second kappa shape index (κ2) is 11.9. The van der Waals surface area contributed by atoms with Crippen LogP contribution in [0.1, 0.15) is 32.3 Å². The number of anilines is 1. The van der Waals surface area contributed by atoms with E-state index in [1.54, 1.807) is 43.3 Å². The summed E-state index contributed by atoms with van der Waals surface area (Å²) in [5.41, 5.74) is 1.28. The summed E-state index contributed by atoms with van der Waals surface area (Å²) >= 11 is 6.27. The third-order valence-electron chi connectivity index (χ3n) is 5.01. The number of carbonyl (C=O) groups is 2. The Bertz CT molecular complexity index is 1010. The van der Waals surface area contributed by atoms with Gasteiger partial charge in [0.15, 0.2) is 0 Å². The third-order valence-corrected chi connectivity index (χ3v) is 6.58. The zero-order valence-corrected chi connectivity index (χ0v) is 20.2. The van der Waals surface area contributed by atoms with Gasteiger partial charge in [0.25, 0.3) is 0 Å². The molecule has 2 rings (SSSR count). The van der Waals surface area contributed by atoms with Crippen LogP contribution in [0.4, 0.5) is 5.69 Å². The van der Waals surface area contributed by atoms with Gasteiger partial charge in [-0.2, -0.15) is 0 Å². The highest BCUT2D eigenvalue weighted by molar-refractivity contribution is 7.92. The van der Waals surface area contributed by atoms with Crippen LogP contribution in [0.25, 0.3) is 0 Å². The van der Waals surface area contributed by atoms with E-state index in [-0.39, 0.29) is 31.3 Å². The lowest BCUT2D eigenvalue weighted by atomic mass is 10.1. The number of nitrogens with zero attached hydrogens (tertiary/aromatic N) is 2. The third kappa shape index (κ3) is 7.24. The molecule has 0 aliphatic heterocycles. The minimum Gasteiger partial charge on any atom is -0.355 e. The first kappa shape index (κ1) is 25.7. The van der Waals surface area contributed by atoms with E-state index in [1.807, 2.05) is 25.1 Å². The van der Waals surface area contributed by atoms with Gasteiger partial charge in [0, 0.05) is 31.1 Å². The van der Waals surface area contributed by atoms with Crippen LogP contribution in [0, 0.1) is 0 Å². The lowest BCUT2D eigenvalue weighted by molar-refractivity contribution is -0.140. The molecule has 0 aliphatic rings. The molecule has 0 radical (unpaired) electrons. The van der Waals surface area contributed by atoms with Crippen molar-refractivity contribution in [2.45, 2.75) is 39.3 Å². The van der Waals surface area contributed by atoms with Crippen molar-refractivity contribution in [1.29, 1.82) is 0 Å². The second-order valence-corrected chi connectivity index (χ2v) is 9.77. The molecule has 0 aliphatic carbocycles. The number of benzene rings is 2. The van der Waals surface area contributed by atoms with Crippen molar-refractivity contribution in [3.63, 3.8) is 0 Å². The summed E-state index contributed by atoms with van der Waals surface area (Å²) in [6.07, 6.45) is 1.54. The van der Waals surface area contributed by atoms with Gasteiger partial charge in [0.2, 0.25) is 21.8 Å². The van der Waals surface area contributed by atoms with Crippen LogP contribution in [0.15, 0.2) is 54.6 Å². The van der Waals surface area contributed by atoms with Crippen molar-refractivity contribution in [3.05, 3.63) is 65.2 Å². The van der Waals surface area contributed by atoms with E-state index in [0.29, 0.717) is 23.7 Å². The Balaban J connectivity index is 2.14. The lowest BCUT2D eigenvalue weighted by Gasteiger charge is -2.29. The van der Waals surface area contributed by atoms with Crippen LogP contribution >= 0.6 is 11.6 Å². The summed E-state index contributed by atoms with van der Waals surface area (Å²) in [5.74, 6) is -0.500. The van der Waals surface area contributed by atoms with Crippen molar-refractivity contribution >= 4 is 39.1 Å². The van der Waals surface area contributed by atoms with Crippen LogP contribution in [0.3, 0.4) is 0 Å². The summed E-state index contributed by atoms with van der Waals surface area (Å²) in [4.78, 5) is 27.0. The molecule has 0 fully saturated rings. The van der Waals surface area contributed by atoms with Gasteiger partial charge >= 0.3 is 0 Å². The normalized spacial score (nSPS) is 12.1. The fraction of sp³-hybridized carbons (Fsp3) is 0.391. The number of carbonyl (C=O) groups excluding carboxylic acids is 2. The Morgan fingerprint density at radius 1 is 1.06 bits per heavy atom. The monoisotopic (exact) mass is 479 g/mol. The second-order valence-electron chi connectivity index (χ2n) is 7.46. The summed E-state index contributed by atoms with van der Waals surface area (Å²) in [7, 11) is -3.50. The van der Waals surface area contributed by atoms with Gasteiger partial charge in [-0.1, -0.05) is 48.0 Å². The molecule has 2 aromatic carbocycles. The molecule has 0 saturated carbocycles. The molecule has 9 heteroatoms. The van der Waals surface area contributed by atoms with E-state index in [4.69, 9.17) is 11.6 Å². The van der Waals surface area contributed by atoms with Gasteiger partial charge in [0.05, 0.1) is 11.9 Å². The Labute approximate surface area is 195 Å². The van der Waals surface area contributed by atoms with E-state index in [2.05, 4.69) is 5.32 Å². The van der Waals surface area contributed by atoms with E-state index in [1.165, 1.54) is 9.21 Å². The molecule has 1 atom stereocenters. The van der Waals surface area contributed by atoms with Crippen LogP contribution in [-0.4, -0.2) is 50.5 Å². The number of amides is 2. The molecule has 32 heavy (non-hydrogen) atoms. The van der Waals surface area contributed by atoms with Crippen LogP contribution in [0.2, 0.25) is 5.02 Å². The van der Waals surface area contributed by atoms with E-state index in [9.17, 15) is 18.0 Å². The average Bonchev–Trinajstić information content (AvgIpc) is 2.75. The number of likely N-dealkylation sites (N-methyl/N-ethyl adjacent to an activating group) is 1. The van der Waals surface area contributed by atoms with Crippen LogP contribution in [0.5, 0.6) is 0 Å². The highest BCUT2D eigenvalue weighted by Gasteiger charge is 2.26. The van der Waals surface area contributed by atoms with Crippen molar-refractivity contribution < 1.29 is 18.0 Å². The Hall–Kier alpha value is -2.58. The molecular weight excluding hydrogens is 450 g/mol. The van der Waals surface area contributed by atoms with Gasteiger partial charge in [0.1, 0.15) is 6.04 Å². The van der Waals surface area contributed by atoms with E-state index in [0.717, 1.165) is 11.8 Å². The molecule has 0 saturated heterocycles. The summed E-state index contributed by atoms with van der Waals surface area (Å²) in [5, 5.41) is 3.26. The van der Waals surface area contributed by atoms with Crippen LogP contribution in [-0.2, 0) is 26.2 Å². The standard InChI is InChI=1S/C23H30ClN3O4S/c1-4-25-23(29)18(2)26(17-19-11-8-9-14-21(19)24)22(28)15-10-16-27(32(3,30)31)20-12-6-5-7-13-20/h5-9,11-14,18H,4,10,15-17H2,1-3H3,(H,25,29)/t18-/m1/s1. The van der Waals surface area contributed by atoms with Crippen molar-refractivity contribution in [1.82, 2.24) is 10.2 Å². The van der Waals surface area contributed by atoms with E-state index < -0.39 is 16.1 Å². The minimum atomic E-state index is -3.50. The Kier molecular flexibility index (Phi) is 9.53. The number of rotatable bonds is 11. The molecule has 0 unspecified atom stereocenters.